The van der Waals surface area contributed by atoms with Gasteiger partial charge in [0, 0.05) is 24.9 Å². The number of imidazole rings is 1. The molecular weight excluding hydrogens is 198 g/mol. The monoisotopic (exact) mass is 221 g/mol. The zero-order valence-electron chi connectivity index (χ0n) is 10.1. The first-order valence-electron chi connectivity index (χ1n) is 6.59. The quantitative estimate of drug-likeness (QED) is 0.829. The standard InChI is InChI=1S/C13H23N3/c14-8-6-13-10-15-11-16(13)9-7-12-4-2-1-3-5-12/h10-12H,1-9,14H2. The summed E-state index contributed by atoms with van der Waals surface area (Å²) in [6.07, 6.45) is 13.3. The Bertz CT molecular complexity index is 300. The number of nitrogens with zero attached hydrogens (tertiary/aromatic N) is 2. The summed E-state index contributed by atoms with van der Waals surface area (Å²) in [5.74, 6) is 0.946. The van der Waals surface area contributed by atoms with E-state index >= 15 is 0 Å². The Morgan fingerprint density at radius 1 is 1.31 bits per heavy atom. The first-order valence-corrected chi connectivity index (χ1v) is 6.59. The van der Waals surface area contributed by atoms with E-state index in [1.807, 2.05) is 12.5 Å². The van der Waals surface area contributed by atoms with Crippen LogP contribution in [0, 0.1) is 5.92 Å². The second-order valence-electron chi connectivity index (χ2n) is 4.91. The average Bonchev–Trinajstić information content (AvgIpc) is 2.76. The molecule has 0 atom stereocenters. The molecule has 2 rings (SSSR count). The van der Waals surface area contributed by atoms with Gasteiger partial charge in [0.15, 0.2) is 0 Å². The van der Waals surface area contributed by atoms with Crippen LogP contribution in [-0.2, 0) is 13.0 Å². The zero-order valence-corrected chi connectivity index (χ0v) is 10.1. The predicted molar refractivity (Wildman–Crippen MR) is 66.2 cm³/mol. The van der Waals surface area contributed by atoms with E-state index in [0.717, 1.165) is 25.4 Å². The first kappa shape index (κ1) is 11.6. The summed E-state index contributed by atoms with van der Waals surface area (Å²) >= 11 is 0. The van der Waals surface area contributed by atoms with E-state index in [0.29, 0.717) is 0 Å². The van der Waals surface area contributed by atoms with Gasteiger partial charge < -0.3 is 10.3 Å². The van der Waals surface area contributed by atoms with Crippen molar-refractivity contribution in [2.75, 3.05) is 6.54 Å². The summed E-state index contributed by atoms with van der Waals surface area (Å²) in [5, 5.41) is 0. The van der Waals surface area contributed by atoms with Gasteiger partial charge in [-0.05, 0) is 18.9 Å². The molecule has 1 saturated carbocycles. The number of hydrogen-bond acceptors (Lipinski definition) is 2. The number of rotatable bonds is 5. The summed E-state index contributed by atoms with van der Waals surface area (Å²) < 4.78 is 2.28. The zero-order chi connectivity index (χ0) is 11.2. The average molecular weight is 221 g/mol. The molecule has 0 saturated heterocycles. The molecule has 0 bridgehead atoms. The molecular formula is C13H23N3. The normalized spacial score (nSPS) is 17.8. The first-order chi connectivity index (χ1) is 7.90. The molecule has 0 radical (unpaired) electrons. The van der Waals surface area contributed by atoms with E-state index in [2.05, 4.69) is 9.55 Å². The van der Waals surface area contributed by atoms with Crippen molar-refractivity contribution in [3.8, 4) is 0 Å². The molecule has 0 amide bonds. The third-order valence-corrected chi connectivity index (χ3v) is 3.70. The van der Waals surface area contributed by atoms with Crippen LogP contribution in [0.2, 0.25) is 0 Å². The second-order valence-corrected chi connectivity index (χ2v) is 4.91. The van der Waals surface area contributed by atoms with Crippen LogP contribution in [0.5, 0.6) is 0 Å². The molecule has 2 N–H and O–H groups in total. The fourth-order valence-electron chi connectivity index (χ4n) is 2.70. The van der Waals surface area contributed by atoms with Crippen LogP contribution in [-0.4, -0.2) is 16.1 Å². The predicted octanol–water partition coefficient (Wildman–Crippen LogP) is 2.35. The minimum absolute atomic E-state index is 0.717. The van der Waals surface area contributed by atoms with Gasteiger partial charge in [-0.3, -0.25) is 0 Å². The lowest BCUT2D eigenvalue weighted by Crippen LogP contribution is -2.12. The smallest absolute Gasteiger partial charge is 0.0948 e. The Balaban J connectivity index is 1.81. The molecule has 1 fully saturated rings. The van der Waals surface area contributed by atoms with Gasteiger partial charge >= 0.3 is 0 Å². The molecule has 0 aliphatic heterocycles. The van der Waals surface area contributed by atoms with Crippen LogP contribution in [0.3, 0.4) is 0 Å². The van der Waals surface area contributed by atoms with E-state index in [4.69, 9.17) is 5.73 Å². The molecule has 1 aromatic rings. The van der Waals surface area contributed by atoms with Crippen molar-refractivity contribution < 1.29 is 0 Å². The van der Waals surface area contributed by atoms with Crippen molar-refractivity contribution in [2.24, 2.45) is 11.7 Å². The van der Waals surface area contributed by atoms with Gasteiger partial charge in [0.2, 0.25) is 0 Å². The minimum Gasteiger partial charge on any atom is -0.335 e. The van der Waals surface area contributed by atoms with Crippen LogP contribution in [0.4, 0.5) is 0 Å². The lowest BCUT2D eigenvalue weighted by molar-refractivity contribution is 0.323. The van der Waals surface area contributed by atoms with Crippen molar-refractivity contribution in [2.45, 2.75) is 51.5 Å². The van der Waals surface area contributed by atoms with Crippen molar-refractivity contribution in [1.82, 2.24) is 9.55 Å². The molecule has 3 heteroatoms. The van der Waals surface area contributed by atoms with Crippen LogP contribution in [0.25, 0.3) is 0 Å². The minimum atomic E-state index is 0.717. The van der Waals surface area contributed by atoms with Gasteiger partial charge in [-0.25, -0.2) is 4.98 Å². The maximum absolute atomic E-state index is 5.59. The number of aromatic nitrogens is 2. The van der Waals surface area contributed by atoms with Gasteiger partial charge in [0.1, 0.15) is 0 Å². The van der Waals surface area contributed by atoms with Gasteiger partial charge in [-0.2, -0.15) is 0 Å². The van der Waals surface area contributed by atoms with E-state index in [9.17, 15) is 0 Å². The van der Waals surface area contributed by atoms with Gasteiger partial charge in [-0.15, -0.1) is 0 Å². The summed E-state index contributed by atoms with van der Waals surface area (Å²) in [5.41, 5.74) is 6.88. The Kier molecular flexibility index (Phi) is 4.40. The fourth-order valence-corrected chi connectivity index (χ4v) is 2.70. The molecule has 0 spiro atoms. The highest BCUT2D eigenvalue weighted by Crippen LogP contribution is 2.26. The van der Waals surface area contributed by atoms with Gasteiger partial charge in [0.25, 0.3) is 0 Å². The highest BCUT2D eigenvalue weighted by molar-refractivity contribution is 4.98. The van der Waals surface area contributed by atoms with Crippen LogP contribution >= 0.6 is 0 Å². The van der Waals surface area contributed by atoms with E-state index in [1.165, 1.54) is 44.2 Å². The Morgan fingerprint density at radius 3 is 2.88 bits per heavy atom. The molecule has 0 aromatic carbocycles. The molecule has 16 heavy (non-hydrogen) atoms. The van der Waals surface area contributed by atoms with E-state index in [1.54, 1.807) is 0 Å². The molecule has 0 unspecified atom stereocenters. The van der Waals surface area contributed by atoms with Crippen molar-refractivity contribution >= 4 is 0 Å². The Hall–Kier alpha value is -0.830. The molecule has 3 nitrogen and oxygen atoms in total. The lowest BCUT2D eigenvalue weighted by atomic mass is 9.87. The summed E-state index contributed by atoms with van der Waals surface area (Å²) in [4.78, 5) is 4.21. The summed E-state index contributed by atoms with van der Waals surface area (Å²) in [6, 6.07) is 0. The lowest BCUT2D eigenvalue weighted by Gasteiger charge is -2.21. The van der Waals surface area contributed by atoms with Crippen LogP contribution < -0.4 is 5.73 Å². The van der Waals surface area contributed by atoms with E-state index < -0.39 is 0 Å². The Morgan fingerprint density at radius 2 is 2.12 bits per heavy atom. The molecule has 1 aliphatic rings. The third kappa shape index (κ3) is 3.08. The third-order valence-electron chi connectivity index (χ3n) is 3.70. The summed E-state index contributed by atoms with van der Waals surface area (Å²) in [6.45, 7) is 1.84. The number of nitrogens with two attached hydrogens (primary N) is 1. The van der Waals surface area contributed by atoms with Crippen LogP contribution in [0.15, 0.2) is 12.5 Å². The van der Waals surface area contributed by atoms with Crippen molar-refractivity contribution in [3.05, 3.63) is 18.2 Å². The SMILES string of the molecule is NCCc1cncn1CCC1CCCCC1. The fraction of sp³-hybridized carbons (Fsp3) is 0.769. The molecule has 90 valence electrons. The van der Waals surface area contributed by atoms with Crippen molar-refractivity contribution in [1.29, 1.82) is 0 Å². The van der Waals surface area contributed by atoms with Gasteiger partial charge in [-0.1, -0.05) is 32.1 Å². The Labute approximate surface area is 98.1 Å². The second kappa shape index (κ2) is 6.04. The van der Waals surface area contributed by atoms with E-state index in [-0.39, 0.29) is 0 Å². The van der Waals surface area contributed by atoms with Crippen molar-refractivity contribution in [3.63, 3.8) is 0 Å². The molecule has 1 heterocycles. The number of hydrogen-bond donors (Lipinski definition) is 1. The highest BCUT2D eigenvalue weighted by Gasteiger charge is 2.13. The molecule has 1 aromatic heterocycles. The largest absolute Gasteiger partial charge is 0.335 e. The van der Waals surface area contributed by atoms with Gasteiger partial charge in [0.05, 0.1) is 6.33 Å². The van der Waals surface area contributed by atoms with Crippen LogP contribution in [0.1, 0.15) is 44.2 Å². The molecule has 1 aliphatic carbocycles. The topological polar surface area (TPSA) is 43.8 Å². The number of aryl methyl sites for hydroxylation is 1. The maximum atomic E-state index is 5.59. The maximum Gasteiger partial charge on any atom is 0.0948 e. The summed E-state index contributed by atoms with van der Waals surface area (Å²) in [7, 11) is 0. The highest BCUT2D eigenvalue weighted by atomic mass is 15.0.